The van der Waals surface area contributed by atoms with Crippen LogP contribution >= 0.6 is 0 Å². The second-order valence-corrected chi connectivity index (χ2v) is 6.11. The Morgan fingerprint density at radius 3 is 2.29 bits per heavy atom. The molecule has 0 aliphatic carbocycles. The normalized spacial score (nSPS) is 12.7. The number of rotatable bonds is 3. The highest BCUT2D eigenvalue weighted by Crippen LogP contribution is 2.32. The van der Waals surface area contributed by atoms with Crippen LogP contribution in [0.3, 0.4) is 0 Å². The predicted octanol–water partition coefficient (Wildman–Crippen LogP) is 2.89. The largest absolute Gasteiger partial charge is 0.343 e. The van der Waals surface area contributed by atoms with Crippen LogP contribution in [0.15, 0.2) is 53.3 Å². The van der Waals surface area contributed by atoms with E-state index >= 15 is 0 Å². The number of hydrogen-bond acceptors (Lipinski definition) is 2. The lowest BCUT2D eigenvalue weighted by molar-refractivity contribution is 0.0896. The van der Waals surface area contributed by atoms with Gasteiger partial charge in [0.2, 0.25) is 5.56 Å². The fourth-order valence-corrected chi connectivity index (χ4v) is 2.23. The van der Waals surface area contributed by atoms with Gasteiger partial charge in [-0.1, -0.05) is 57.2 Å². The second kappa shape index (κ2) is 5.95. The summed E-state index contributed by atoms with van der Waals surface area (Å²) in [5.41, 5.74) is 0.880. The van der Waals surface area contributed by atoms with Gasteiger partial charge in [0.1, 0.15) is 5.69 Å². The summed E-state index contributed by atoms with van der Waals surface area (Å²) in [6.07, 6.45) is 0. The van der Waals surface area contributed by atoms with Gasteiger partial charge in [0.15, 0.2) is 0 Å². The van der Waals surface area contributed by atoms with Crippen molar-refractivity contribution in [2.24, 2.45) is 5.41 Å². The number of aromatic nitrogens is 1. The van der Waals surface area contributed by atoms with Crippen molar-refractivity contribution in [2.75, 3.05) is 0 Å². The topological polar surface area (TPSA) is 62.0 Å². The van der Waals surface area contributed by atoms with Gasteiger partial charge >= 0.3 is 0 Å². The number of pyridine rings is 1. The third-order valence-electron chi connectivity index (χ3n) is 3.29. The molecule has 0 radical (unpaired) electrons. The van der Waals surface area contributed by atoms with E-state index in [1.807, 2.05) is 30.3 Å². The molecular weight excluding hydrogens is 264 g/mol. The molecule has 1 aromatic heterocycles. The van der Waals surface area contributed by atoms with Gasteiger partial charge in [-0.3, -0.25) is 9.59 Å². The molecule has 0 spiro atoms. The van der Waals surface area contributed by atoms with Crippen LogP contribution in [-0.2, 0) is 0 Å². The zero-order chi connectivity index (χ0) is 15.5. The summed E-state index contributed by atoms with van der Waals surface area (Å²) in [5.74, 6) is -0.281. The van der Waals surface area contributed by atoms with Gasteiger partial charge in [0, 0.05) is 6.07 Å². The SMILES string of the molecule is CC(C)(C)C(NC(=O)c1cccc(=O)[nH]1)c1ccccc1. The number of aromatic amines is 1. The minimum absolute atomic E-state index is 0.144. The first-order chi connectivity index (χ1) is 9.88. The maximum atomic E-state index is 12.3. The molecule has 4 heteroatoms. The van der Waals surface area contributed by atoms with E-state index in [1.165, 1.54) is 6.07 Å². The molecule has 0 aliphatic rings. The van der Waals surface area contributed by atoms with E-state index in [9.17, 15) is 9.59 Å². The number of carbonyl (C=O) groups is 1. The third kappa shape index (κ3) is 3.81. The lowest BCUT2D eigenvalue weighted by Gasteiger charge is -2.32. The maximum Gasteiger partial charge on any atom is 0.268 e. The number of carbonyl (C=O) groups excluding carboxylic acids is 1. The maximum absolute atomic E-state index is 12.3. The van der Waals surface area contributed by atoms with Crippen molar-refractivity contribution in [3.8, 4) is 0 Å². The first-order valence-electron chi connectivity index (χ1n) is 6.93. The van der Waals surface area contributed by atoms with Crippen LogP contribution in [-0.4, -0.2) is 10.9 Å². The summed E-state index contributed by atoms with van der Waals surface area (Å²) in [6, 6.07) is 14.2. The molecule has 1 amide bonds. The van der Waals surface area contributed by atoms with Gasteiger partial charge in [0.25, 0.3) is 5.91 Å². The van der Waals surface area contributed by atoms with E-state index in [0.29, 0.717) is 0 Å². The monoisotopic (exact) mass is 284 g/mol. The van der Waals surface area contributed by atoms with Crippen LogP contribution in [0.5, 0.6) is 0 Å². The Morgan fingerprint density at radius 2 is 1.71 bits per heavy atom. The quantitative estimate of drug-likeness (QED) is 0.910. The lowest BCUT2D eigenvalue weighted by atomic mass is 9.82. The van der Waals surface area contributed by atoms with Gasteiger partial charge in [-0.2, -0.15) is 0 Å². The second-order valence-electron chi connectivity index (χ2n) is 6.11. The van der Waals surface area contributed by atoms with Gasteiger partial charge in [-0.15, -0.1) is 0 Å². The molecule has 1 atom stereocenters. The van der Waals surface area contributed by atoms with Crippen LogP contribution in [0.1, 0.15) is 42.9 Å². The van der Waals surface area contributed by atoms with Crippen molar-refractivity contribution >= 4 is 5.91 Å². The van der Waals surface area contributed by atoms with Crippen molar-refractivity contribution in [3.05, 3.63) is 70.1 Å². The lowest BCUT2D eigenvalue weighted by Crippen LogP contribution is -2.37. The Balaban J connectivity index is 2.28. The van der Waals surface area contributed by atoms with Crippen LogP contribution in [0.2, 0.25) is 0 Å². The third-order valence-corrected chi connectivity index (χ3v) is 3.29. The minimum atomic E-state index is -0.283. The zero-order valence-corrected chi connectivity index (χ0v) is 12.5. The molecule has 0 saturated carbocycles. The molecule has 0 aliphatic heterocycles. The number of H-pyrrole nitrogens is 1. The van der Waals surface area contributed by atoms with E-state index in [1.54, 1.807) is 12.1 Å². The Labute approximate surface area is 124 Å². The molecule has 110 valence electrons. The van der Waals surface area contributed by atoms with E-state index < -0.39 is 0 Å². The molecule has 2 N–H and O–H groups in total. The van der Waals surface area contributed by atoms with Crippen molar-refractivity contribution in [1.29, 1.82) is 0 Å². The summed E-state index contributed by atoms with van der Waals surface area (Å²) in [6.45, 7) is 6.20. The predicted molar refractivity (Wildman–Crippen MR) is 83.2 cm³/mol. The molecule has 4 nitrogen and oxygen atoms in total. The average Bonchev–Trinajstić information content (AvgIpc) is 2.44. The highest BCUT2D eigenvalue weighted by molar-refractivity contribution is 5.92. The fraction of sp³-hybridized carbons (Fsp3) is 0.294. The van der Waals surface area contributed by atoms with Gasteiger partial charge in [-0.05, 0) is 17.0 Å². The molecule has 1 heterocycles. The molecule has 2 aromatic rings. The summed E-state index contributed by atoms with van der Waals surface area (Å²) in [4.78, 5) is 26.2. The van der Waals surface area contributed by atoms with Crippen LogP contribution in [0.4, 0.5) is 0 Å². The Hall–Kier alpha value is -2.36. The van der Waals surface area contributed by atoms with Crippen LogP contribution in [0.25, 0.3) is 0 Å². The molecule has 1 unspecified atom stereocenters. The molecular formula is C17H20N2O2. The molecule has 0 bridgehead atoms. The minimum Gasteiger partial charge on any atom is -0.343 e. The Bertz CT molecular complexity index is 669. The van der Waals surface area contributed by atoms with Crippen LogP contribution in [0, 0.1) is 5.41 Å². The molecule has 0 saturated heterocycles. The van der Waals surface area contributed by atoms with Crippen LogP contribution < -0.4 is 10.9 Å². The standard InChI is InChI=1S/C17H20N2O2/c1-17(2,3)15(12-8-5-4-6-9-12)19-16(21)13-10-7-11-14(20)18-13/h4-11,15H,1-3H3,(H,18,20)(H,19,21). The fourth-order valence-electron chi connectivity index (χ4n) is 2.23. The van der Waals surface area contributed by atoms with Gasteiger partial charge in [-0.25, -0.2) is 0 Å². The van der Waals surface area contributed by atoms with E-state index in [-0.39, 0.29) is 28.6 Å². The van der Waals surface area contributed by atoms with E-state index in [4.69, 9.17) is 0 Å². The first-order valence-corrected chi connectivity index (χ1v) is 6.93. The van der Waals surface area contributed by atoms with Crippen molar-refractivity contribution < 1.29 is 4.79 Å². The van der Waals surface area contributed by atoms with Crippen molar-refractivity contribution in [2.45, 2.75) is 26.8 Å². The highest BCUT2D eigenvalue weighted by Gasteiger charge is 2.28. The van der Waals surface area contributed by atoms with Gasteiger partial charge in [0.05, 0.1) is 6.04 Å². The molecule has 0 fully saturated rings. The van der Waals surface area contributed by atoms with Crippen molar-refractivity contribution in [1.82, 2.24) is 10.3 Å². The summed E-state index contributed by atoms with van der Waals surface area (Å²) < 4.78 is 0. The Morgan fingerprint density at radius 1 is 1.05 bits per heavy atom. The van der Waals surface area contributed by atoms with Crippen molar-refractivity contribution in [3.63, 3.8) is 0 Å². The summed E-state index contributed by atoms with van der Waals surface area (Å²) in [5, 5.41) is 3.01. The first kappa shape index (κ1) is 15.0. The smallest absolute Gasteiger partial charge is 0.268 e. The van der Waals surface area contributed by atoms with Gasteiger partial charge < -0.3 is 10.3 Å². The molecule has 2 rings (SSSR count). The Kier molecular flexibility index (Phi) is 4.26. The van der Waals surface area contributed by atoms with E-state index in [0.717, 1.165) is 5.56 Å². The number of hydrogen-bond donors (Lipinski definition) is 2. The molecule has 21 heavy (non-hydrogen) atoms. The average molecular weight is 284 g/mol. The number of amides is 1. The number of benzene rings is 1. The van der Waals surface area contributed by atoms with E-state index in [2.05, 4.69) is 31.1 Å². The summed E-state index contributed by atoms with van der Waals surface area (Å²) in [7, 11) is 0. The molecule has 1 aromatic carbocycles. The highest BCUT2D eigenvalue weighted by atomic mass is 16.2. The summed E-state index contributed by atoms with van der Waals surface area (Å²) >= 11 is 0. The number of nitrogens with one attached hydrogen (secondary N) is 2. The zero-order valence-electron chi connectivity index (χ0n) is 12.5.